The number of amides is 1. The molecule has 0 unspecified atom stereocenters. The predicted octanol–water partition coefficient (Wildman–Crippen LogP) is 2.64. The second-order valence-corrected chi connectivity index (χ2v) is 5.48. The van der Waals surface area contributed by atoms with E-state index >= 15 is 0 Å². The highest BCUT2D eigenvalue weighted by Gasteiger charge is 2.23. The van der Waals surface area contributed by atoms with Crippen LogP contribution >= 0.6 is 0 Å². The highest BCUT2D eigenvalue weighted by atomic mass is 16.7. The van der Waals surface area contributed by atoms with Crippen LogP contribution in [0.5, 0.6) is 5.75 Å². The molecule has 2 aromatic rings. The van der Waals surface area contributed by atoms with Gasteiger partial charge in [-0.3, -0.25) is 4.79 Å². The van der Waals surface area contributed by atoms with E-state index in [1.54, 1.807) is 25.1 Å². The van der Waals surface area contributed by atoms with E-state index in [1.807, 2.05) is 0 Å². The molecule has 0 heterocycles. The number of phenolic OH excluding ortho intramolecular Hbond substituents is 1. The predicted molar refractivity (Wildman–Crippen MR) is 92.6 cm³/mol. The standard InChI is InChI=1S/C19H19NO6/c1-2-20(18(23)15-5-3-4-6-16(15)19(24)25)26-17(22)12-9-13-7-10-14(21)11-8-13/h3-8,10-11,21H,2,9,12H2,1H3,(H,24,25). The Bertz CT molecular complexity index is 800. The maximum atomic E-state index is 12.5. The molecule has 2 N–H and O–H groups in total. The topological polar surface area (TPSA) is 104 Å². The third kappa shape index (κ3) is 4.83. The van der Waals surface area contributed by atoms with E-state index in [2.05, 4.69) is 0 Å². The minimum Gasteiger partial charge on any atom is -0.508 e. The van der Waals surface area contributed by atoms with Crippen LogP contribution in [-0.2, 0) is 16.1 Å². The van der Waals surface area contributed by atoms with Crippen LogP contribution in [-0.4, -0.2) is 39.7 Å². The molecule has 0 radical (unpaired) electrons. The van der Waals surface area contributed by atoms with E-state index in [-0.39, 0.29) is 29.8 Å². The molecule has 0 saturated carbocycles. The van der Waals surface area contributed by atoms with Crippen LogP contribution in [0.2, 0.25) is 0 Å². The third-order valence-electron chi connectivity index (χ3n) is 3.67. The van der Waals surface area contributed by atoms with Crippen LogP contribution in [0.4, 0.5) is 0 Å². The molecule has 136 valence electrons. The summed E-state index contributed by atoms with van der Waals surface area (Å²) in [6.45, 7) is 1.70. The summed E-state index contributed by atoms with van der Waals surface area (Å²) in [5.41, 5.74) is 0.634. The fourth-order valence-corrected chi connectivity index (χ4v) is 2.32. The first kappa shape index (κ1) is 19.0. The number of carbonyl (C=O) groups excluding carboxylic acids is 2. The third-order valence-corrected chi connectivity index (χ3v) is 3.67. The summed E-state index contributed by atoms with van der Waals surface area (Å²) in [6.07, 6.45) is 0.422. The van der Waals surface area contributed by atoms with Crippen molar-refractivity contribution in [3.63, 3.8) is 0 Å². The van der Waals surface area contributed by atoms with E-state index in [4.69, 9.17) is 4.84 Å². The normalized spacial score (nSPS) is 10.2. The van der Waals surface area contributed by atoms with Gasteiger partial charge in [-0.1, -0.05) is 24.3 Å². The minimum atomic E-state index is -1.23. The summed E-state index contributed by atoms with van der Waals surface area (Å²) in [5, 5.41) is 19.3. The first-order valence-electron chi connectivity index (χ1n) is 8.05. The zero-order chi connectivity index (χ0) is 19.1. The number of hydroxylamine groups is 2. The lowest BCUT2D eigenvalue weighted by atomic mass is 10.1. The number of aromatic hydroxyl groups is 1. The smallest absolute Gasteiger partial charge is 0.336 e. The summed E-state index contributed by atoms with van der Waals surface area (Å²) in [7, 11) is 0. The highest BCUT2D eigenvalue weighted by molar-refractivity contribution is 6.04. The second-order valence-electron chi connectivity index (χ2n) is 5.48. The number of benzene rings is 2. The monoisotopic (exact) mass is 357 g/mol. The van der Waals surface area contributed by atoms with Crippen molar-refractivity contribution in [3.05, 3.63) is 65.2 Å². The van der Waals surface area contributed by atoms with Crippen LogP contribution in [0.15, 0.2) is 48.5 Å². The molecule has 0 bridgehead atoms. The quantitative estimate of drug-likeness (QED) is 0.770. The van der Waals surface area contributed by atoms with Crippen LogP contribution in [0.25, 0.3) is 0 Å². The molecule has 0 aliphatic carbocycles. The molecule has 26 heavy (non-hydrogen) atoms. The van der Waals surface area contributed by atoms with Crippen molar-refractivity contribution in [1.82, 2.24) is 5.06 Å². The maximum Gasteiger partial charge on any atom is 0.336 e. The Kier molecular flexibility index (Phi) is 6.32. The number of nitrogens with zero attached hydrogens (tertiary/aromatic N) is 1. The number of carbonyl (C=O) groups is 3. The average molecular weight is 357 g/mol. The van der Waals surface area contributed by atoms with Gasteiger partial charge in [0.2, 0.25) is 0 Å². The first-order chi connectivity index (χ1) is 12.4. The van der Waals surface area contributed by atoms with Gasteiger partial charge >= 0.3 is 11.9 Å². The van der Waals surface area contributed by atoms with Gasteiger partial charge < -0.3 is 15.1 Å². The van der Waals surface area contributed by atoms with E-state index < -0.39 is 17.8 Å². The van der Waals surface area contributed by atoms with Gasteiger partial charge in [0.1, 0.15) is 5.75 Å². The fourth-order valence-electron chi connectivity index (χ4n) is 2.32. The summed E-state index contributed by atoms with van der Waals surface area (Å²) in [5.74, 6) is -2.40. The van der Waals surface area contributed by atoms with Crippen LogP contribution in [0.1, 0.15) is 39.6 Å². The molecule has 7 heteroatoms. The molecule has 2 aromatic carbocycles. The zero-order valence-corrected chi connectivity index (χ0v) is 14.2. The number of hydrogen-bond acceptors (Lipinski definition) is 5. The van der Waals surface area contributed by atoms with Crippen LogP contribution in [0.3, 0.4) is 0 Å². The number of hydrogen-bond donors (Lipinski definition) is 2. The van der Waals surface area contributed by atoms with Gasteiger partial charge in [-0.05, 0) is 43.2 Å². The number of phenols is 1. The Morgan fingerprint density at radius 2 is 1.62 bits per heavy atom. The number of carboxylic acids is 1. The molecule has 0 aromatic heterocycles. The Morgan fingerprint density at radius 3 is 2.19 bits per heavy atom. The summed E-state index contributed by atoms with van der Waals surface area (Å²) in [4.78, 5) is 40.9. The fraction of sp³-hybridized carbons (Fsp3) is 0.211. The summed E-state index contributed by atoms with van der Waals surface area (Å²) < 4.78 is 0. The lowest BCUT2D eigenvalue weighted by molar-refractivity contribution is -0.177. The van der Waals surface area contributed by atoms with Gasteiger partial charge in [0, 0.05) is 0 Å². The molecule has 0 spiro atoms. The van der Waals surface area contributed by atoms with Crippen molar-refractivity contribution < 1.29 is 29.4 Å². The van der Waals surface area contributed by atoms with Crippen molar-refractivity contribution >= 4 is 17.8 Å². The van der Waals surface area contributed by atoms with Gasteiger partial charge in [-0.25, -0.2) is 9.59 Å². The molecule has 0 aliphatic rings. The van der Waals surface area contributed by atoms with Gasteiger partial charge in [0.05, 0.1) is 24.1 Å². The highest BCUT2D eigenvalue weighted by Crippen LogP contribution is 2.14. The molecule has 0 aliphatic heterocycles. The SMILES string of the molecule is CCN(OC(=O)CCc1ccc(O)cc1)C(=O)c1ccccc1C(=O)O. The van der Waals surface area contributed by atoms with Gasteiger partial charge in [-0.2, -0.15) is 5.06 Å². The van der Waals surface area contributed by atoms with E-state index in [0.717, 1.165) is 10.6 Å². The molecular formula is C19H19NO6. The number of carboxylic acid groups (broad SMARTS) is 1. The number of aromatic carboxylic acids is 1. The molecule has 2 rings (SSSR count). The van der Waals surface area contributed by atoms with Crippen LogP contribution in [0, 0.1) is 0 Å². The number of aryl methyl sites for hydroxylation is 1. The molecule has 0 fully saturated rings. The lowest BCUT2D eigenvalue weighted by Crippen LogP contribution is -2.34. The van der Waals surface area contributed by atoms with Gasteiger partial charge in [0.15, 0.2) is 0 Å². The van der Waals surface area contributed by atoms with Crippen LogP contribution < -0.4 is 0 Å². The van der Waals surface area contributed by atoms with Crippen molar-refractivity contribution in [3.8, 4) is 5.75 Å². The van der Waals surface area contributed by atoms with E-state index in [1.165, 1.54) is 30.3 Å². The van der Waals surface area contributed by atoms with Crippen molar-refractivity contribution in [2.24, 2.45) is 0 Å². The average Bonchev–Trinajstić information content (AvgIpc) is 2.65. The summed E-state index contributed by atoms with van der Waals surface area (Å²) in [6, 6.07) is 12.2. The Labute approximate surface area is 150 Å². The zero-order valence-electron chi connectivity index (χ0n) is 14.2. The lowest BCUT2D eigenvalue weighted by Gasteiger charge is -2.20. The maximum absolute atomic E-state index is 12.5. The van der Waals surface area contributed by atoms with Gasteiger partial charge in [-0.15, -0.1) is 0 Å². The van der Waals surface area contributed by atoms with Gasteiger partial charge in [0.25, 0.3) is 5.91 Å². The Balaban J connectivity index is 2.02. The van der Waals surface area contributed by atoms with Crippen molar-refractivity contribution in [2.45, 2.75) is 19.8 Å². The minimum absolute atomic E-state index is 0.0368. The van der Waals surface area contributed by atoms with Crippen molar-refractivity contribution in [1.29, 1.82) is 0 Å². The molecule has 0 atom stereocenters. The molecular weight excluding hydrogens is 338 g/mol. The largest absolute Gasteiger partial charge is 0.508 e. The molecule has 7 nitrogen and oxygen atoms in total. The molecule has 1 amide bonds. The second kappa shape index (κ2) is 8.66. The molecule has 0 saturated heterocycles. The van der Waals surface area contributed by atoms with E-state index in [9.17, 15) is 24.6 Å². The van der Waals surface area contributed by atoms with Crippen molar-refractivity contribution in [2.75, 3.05) is 6.54 Å². The van der Waals surface area contributed by atoms with E-state index in [0.29, 0.717) is 6.42 Å². The summed E-state index contributed by atoms with van der Waals surface area (Å²) >= 11 is 0. The number of rotatable bonds is 6. The Morgan fingerprint density at radius 1 is 1.00 bits per heavy atom. The Hall–Kier alpha value is -3.35. The first-order valence-corrected chi connectivity index (χ1v) is 8.05.